The highest BCUT2D eigenvalue weighted by atomic mass is 31.0. The van der Waals surface area contributed by atoms with Crippen molar-refractivity contribution in [1.82, 2.24) is 4.57 Å². The van der Waals surface area contributed by atoms with Crippen LogP contribution in [-0.2, 0) is 0 Å². The summed E-state index contributed by atoms with van der Waals surface area (Å²) in [6.45, 7) is 4.42. The first-order valence-electron chi connectivity index (χ1n) is 17.5. The summed E-state index contributed by atoms with van der Waals surface area (Å²) in [5.41, 5.74) is 15.4. The summed E-state index contributed by atoms with van der Waals surface area (Å²) < 4.78 is 2.39. The zero-order valence-corrected chi connectivity index (χ0v) is 30.0. The molecule has 246 valence electrons. The van der Waals surface area contributed by atoms with Crippen molar-refractivity contribution < 1.29 is 0 Å². The van der Waals surface area contributed by atoms with E-state index in [1.165, 1.54) is 55.2 Å². The topological polar surface area (TPSA) is 17.3 Å². The molecule has 2 nitrogen and oxygen atoms in total. The van der Waals surface area contributed by atoms with Crippen molar-refractivity contribution in [3.8, 4) is 27.9 Å². The highest BCUT2D eigenvalue weighted by Gasteiger charge is 2.18. The van der Waals surface area contributed by atoms with Gasteiger partial charge in [0.05, 0.1) is 16.7 Å². The number of aryl methyl sites for hydroxylation is 2. The minimum Gasteiger partial charge on any atom is -0.309 e. The van der Waals surface area contributed by atoms with E-state index in [1.807, 2.05) is 5.82 Å². The van der Waals surface area contributed by atoms with Gasteiger partial charge in [0.2, 0.25) is 0 Å². The third-order valence-electron chi connectivity index (χ3n) is 9.82. The van der Waals surface area contributed by atoms with Gasteiger partial charge in [-0.3, -0.25) is 4.99 Å². The molecule has 8 aromatic rings. The molecule has 3 heteroatoms. The maximum Gasteiger partial charge on any atom is 0.101 e. The fourth-order valence-corrected chi connectivity index (χ4v) is 7.58. The molecule has 0 amide bonds. The van der Waals surface area contributed by atoms with E-state index in [9.17, 15) is 0 Å². The number of allylic oxidation sites excluding steroid dienone is 1. The Morgan fingerprint density at radius 2 is 1.20 bits per heavy atom. The predicted octanol–water partition coefficient (Wildman–Crippen LogP) is 12.7. The normalized spacial score (nSPS) is 12.0. The standard InChI is InChI=1S/C48H39N2P/c1-33-15-9-10-23-40(33)47-34(2)16-13-25-41(47)37-27-28-46-43(32-37)42-24-11-12-26-45(42)50(46)39-22-14-21-38(31-39)44(29-30-51)49-48(35-17-5-3-6-18-35)36-19-7-4-8-20-36/h3-32,48H,51H2,1-2H3/b30-29-,49-44?. The molecule has 0 aliphatic heterocycles. The van der Waals surface area contributed by atoms with Crippen LogP contribution in [0.3, 0.4) is 0 Å². The number of fused-ring (bicyclic) bond motifs is 3. The van der Waals surface area contributed by atoms with Crippen LogP contribution in [0.1, 0.15) is 33.9 Å². The predicted molar refractivity (Wildman–Crippen MR) is 221 cm³/mol. The number of benzene rings is 7. The van der Waals surface area contributed by atoms with Gasteiger partial charge in [-0.2, -0.15) is 0 Å². The van der Waals surface area contributed by atoms with Crippen LogP contribution in [0.25, 0.3) is 49.7 Å². The summed E-state index contributed by atoms with van der Waals surface area (Å²) >= 11 is 0. The molecule has 0 aliphatic rings. The molecule has 51 heavy (non-hydrogen) atoms. The van der Waals surface area contributed by atoms with Gasteiger partial charge in [-0.1, -0.05) is 145 Å². The van der Waals surface area contributed by atoms with Crippen LogP contribution >= 0.6 is 9.24 Å². The van der Waals surface area contributed by atoms with Crippen LogP contribution in [0.15, 0.2) is 187 Å². The van der Waals surface area contributed by atoms with Crippen LogP contribution in [0.4, 0.5) is 0 Å². The summed E-state index contributed by atoms with van der Waals surface area (Å²) in [4.78, 5) is 5.42. The van der Waals surface area contributed by atoms with Crippen molar-refractivity contribution in [3.05, 3.63) is 210 Å². The van der Waals surface area contributed by atoms with Gasteiger partial charge in [0.1, 0.15) is 6.04 Å². The molecule has 0 saturated heterocycles. The molecule has 0 bridgehead atoms. The van der Waals surface area contributed by atoms with Crippen molar-refractivity contribution >= 4 is 36.8 Å². The van der Waals surface area contributed by atoms with E-state index in [1.54, 1.807) is 0 Å². The Kier molecular flexibility index (Phi) is 9.01. The van der Waals surface area contributed by atoms with Crippen molar-refractivity contribution in [2.24, 2.45) is 4.99 Å². The third-order valence-corrected chi connectivity index (χ3v) is 10.0. The zero-order valence-electron chi connectivity index (χ0n) is 28.9. The number of nitrogens with zero attached hydrogens (tertiary/aromatic N) is 2. The van der Waals surface area contributed by atoms with Gasteiger partial charge in [0.15, 0.2) is 0 Å². The first-order chi connectivity index (χ1) is 25.1. The van der Waals surface area contributed by atoms with Crippen molar-refractivity contribution in [2.45, 2.75) is 19.9 Å². The maximum atomic E-state index is 5.42. The average molecular weight is 675 g/mol. The zero-order chi connectivity index (χ0) is 34.7. The van der Waals surface area contributed by atoms with Crippen molar-refractivity contribution in [1.29, 1.82) is 0 Å². The van der Waals surface area contributed by atoms with E-state index in [0.29, 0.717) is 0 Å². The lowest BCUT2D eigenvalue weighted by Gasteiger charge is -2.17. The number of hydrogen-bond donors (Lipinski definition) is 0. The second-order valence-electron chi connectivity index (χ2n) is 13.0. The molecule has 0 saturated carbocycles. The lowest BCUT2D eigenvalue weighted by atomic mass is 9.88. The molecule has 1 aromatic heterocycles. The highest BCUT2D eigenvalue weighted by molar-refractivity contribution is 7.20. The fourth-order valence-electron chi connectivity index (χ4n) is 7.40. The van der Waals surface area contributed by atoms with E-state index >= 15 is 0 Å². The first-order valence-corrected chi connectivity index (χ1v) is 18.1. The second kappa shape index (κ2) is 14.2. The molecule has 1 heterocycles. The molecule has 8 rings (SSSR count). The highest BCUT2D eigenvalue weighted by Crippen LogP contribution is 2.40. The van der Waals surface area contributed by atoms with Gasteiger partial charge >= 0.3 is 0 Å². The number of rotatable bonds is 8. The Balaban J connectivity index is 1.28. The van der Waals surface area contributed by atoms with Gasteiger partial charge in [-0.25, -0.2) is 0 Å². The molecule has 1 unspecified atom stereocenters. The minimum atomic E-state index is -0.134. The number of aromatic nitrogens is 1. The van der Waals surface area contributed by atoms with E-state index in [-0.39, 0.29) is 6.04 Å². The minimum absolute atomic E-state index is 0.134. The van der Waals surface area contributed by atoms with Gasteiger partial charge in [0.25, 0.3) is 0 Å². The number of hydrogen-bond acceptors (Lipinski definition) is 1. The molecule has 0 N–H and O–H groups in total. The van der Waals surface area contributed by atoms with Crippen LogP contribution in [0, 0.1) is 13.8 Å². The Labute approximate surface area is 302 Å². The molecule has 0 spiro atoms. The van der Waals surface area contributed by atoms with Gasteiger partial charge in [-0.05, 0) is 94.8 Å². The monoisotopic (exact) mass is 674 g/mol. The molecule has 0 fully saturated rings. The quantitative estimate of drug-likeness (QED) is 0.113. The second-order valence-corrected chi connectivity index (χ2v) is 13.4. The Morgan fingerprint density at radius 3 is 1.94 bits per heavy atom. The van der Waals surface area contributed by atoms with Gasteiger partial charge < -0.3 is 4.57 Å². The summed E-state index contributed by atoms with van der Waals surface area (Å²) in [5.74, 6) is 2.00. The smallest absolute Gasteiger partial charge is 0.101 e. The van der Waals surface area contributed by atoms with Crippen LogP contribution in [-0.4, -0.2) is 10.3 Å². The number of para-hydroxylation sites is 1. The van der Waals surface area contributed by atoms with E-state index in [2.05, 4.69) is 204 Å². The van der Waals surface area contributed by atoms with E-state index in [0.717, 1.165) is 28.1 Å². The van der Waals surface area contributed by atoms with E-state index < -0.39 is 0 Å². The van der Waals surface area contributed by atoms with Crippen molar-refractivity contribution in [2.75, 3.05) is 0 Å². The summed E-state index contributed by atoms with van der Waals surface area (Å²) in [7, 11) is 2.73. The summed E-state index contributed by atoms with van der Waals surface area (Å²) in [6, 6.07) is 60.8. The molecular formula is C48H39N2P. The first kappa shape index (κ1) is 32.4. The molecule has 1 atom stereocenters. The van der Waals surface area contributed by atoms with Crippen molar-refractivity contribution in [3.63, 3.8) is 0 Å². The Hall–Kier alpha value is -5.82. The summed E-state index contributed by atoms with van der Waals surface area (Å²) in [5, 5.41) is 2.47. The van der Waals surface area contributed by atoms with Crippen LogP contribution in [0.5, 0.6) is 0 Å². The van der Waals surface area contributed by atoms with Gasteiger partial charge in [-0.15, -0.1) is 9.24 Å². The number of aliphatic imine (C=N–C) groups is 1. The third kappa shape index (κ3) is 6.25. The molecule has 0 radical (unpaired) electrons. The molecule has 0 aliphatic carbocycles. The lowest BCUT2D eigenvalue weighted by Crippen LogP contribution is -2.05. The average Bonchev–Trinajstić information content (AvgIpc) is 3.51. The molecular weight excluding hydrogens is 636 g/mol. The SMILES string of the molecule is Cc1ccccc1-c1c(C)cccc1-c1ccc2c(c1)c1ccccc1n2-c1cccc(C(/C=C\P)=NC(c2ccccc2)c2ccccc2)c1. The van der Waals surface area contributed by atoms with E-state index in [4.69, 9.17) is 4.99 Å². The summed E-state index contributed by atoms with van der Waals surface area (Å²) in [6.07, 6.45) is 2.09. The maximum absolute atomic E-state index is 5.42. The Bertz CT molecular complexity index is 2520. The van der Waals surface area contributed by atoms with Gasteiger partial charge in [0, 0.05) is 22.0 Å². The van der Waals surface area contributed by atoms with Crippen LogP contribution < -0.4 is 0 Å². The molecule has 7 aromatic carbocycles. The lowest BCUT2D eigenvalue weighted by molar-refractivity contribution is 0.874. The largest absolute Gasteiger partial charge is 0.309 e. The fraction of sp³-hybridized carbons (Fsp3) is 0.0625. The van der Waals surface area contributed by atoms with Crippen LogP contribution in [0.2, 0.25) is 0 Å². The Morgan fingerprint density at radius 1 is 0.569 bits per heavy atom.